The van der Waals surface area contributed by atoms with E-state index in [9.17, 15) is 13.2 Å². The van der Waals surface area contributed by atoms with Crippen molar-refractivity contribution in [2.75, 3.05) is 26.7 Å². The minimum atomic E-state index is -3.43. The van der Waals surface area contributed by atoms with Crippen LogP contribution in [-0.2, 0) is 27.0 Å². The van der Waals surface area contributed by atoms with E-state index in [2.05, 4.69) is 5.32 Å². The third kappa shape index (κ3) is 6.20. The molecule has 0 atom stereocenters. The molecule has 0 spiro atoms. The summed E-state index contributed by atoms with van der Waals surface area (Å²) in [6, 6.07) is 14.6. The van der Waals surface area contributed by atoms with Crippen molar-refractivity contribution in [1.82, 2.24) is 9.62 Å². The summed E-state index contributed by atoms with van der Waals surface area (Å²) in [7, 11) is -1.80. The topological polar surface area (TPSA) is 75.7 Å². The van der Waals surface area contributed by atoms with Gasteiger partial charge in [0.2, 0.25) is 15.9 Å². The molecule has 2 aromatic carbocycles. The molecule has 1 aliphatic heterocycles. The van der Waals surface area contributed by atoms with E-state index in [1.807, 2.05) is 24.3 Å². The highest BCUT2D eigenvalue weighted by Crippen LogP contribution is 2.23. The van der Waals surface area contributed by atoms with Gasteiger partial charge in [-0.15, -0.1) is 0 Å². The predicted molar refractivity (Wildman–Crippen MR) is 118 cm³/mol. The first-order chi connectivity index (χ1) is 14.4. The number of hydrogen-bond acceptors (Lipinski definition) is 4. The predicted octanol–water partition coefficient (Wildman–Crippen LogP) is 3.25. The number of methoxy groups -OCH3 is 1. The molecule has 6 nitrogen and oxygen atoms in total. The summed E-state index contributed by atoms with van der Waals surface area (Å²) in [5, 5.41) is 3.50. The third-order valence-corrected chi connectivity index (χ3v) is 7.41. The van der Waals surface area contributed by atoms with Gasteiger partial charge in [-0.2, -0.15) is 0 Å². The summed E-state index contributed by atoms with van der Waals surface area (Å²) in [6.07, 6.45) is 1.80. The van der Waals surface area contributed by atoms with Gasteiger partial charge in [-0.1, -0.05) is 35.9 Å². The van der Waals surface area contributed by atoms with Crippen LogP contribution in [0.5, 0.6) is 5.75 Å². The van der Waals surface area contributed by atoms with Gasteiger partial charge in [0.25, 0.3) is 0 Å². The minimum absolute atomic E-state index is 0.00426. The summed E-state index contributed by atoms with van der Waals surface area (Å²) in [6.45, 7) is 1.28. The molecule has 1 aliphatic rings. The number of carbonyl (C=O) groups excluding carboxylic acids is 1. The molecule has 162 valence electrons. The number of benzene rings is 2. The lowest BCUT2D eigenvalue weighted by atomic mass is 9.97. The maximum absolute atomic E-state index is 12.7. The Morgan fingerprint density at radius 2 is 1.83 bits per heavy atom. The Morgan fingerprint density at radius 1 is 1.13 bits per heavy atom. The maximum atomic E-state index is 12.7. The Labute approximate surface area is 183 Å². The van der Waals surface area contributed by atoms with E-state index in [1.54, 1.807) is 31.4 Å². The zero-order valence-corrected chi connectivity index (χ0v) is 18.6. The number of halogens is 1. The van der Waals surface area contributed by atoms with Crippen LogP contribution in [0.25, 0.3) is 0 Å². The summed E-state index contributed by atoms with van der Waals surface area (Å²) in [5.41, 5.74) is 1.79. The lowest BCUT2D eigenvalue weighted by Gasteiger charge is -2.30. The lowest BCUT2D eigenvalue weighted by Crippen LogP contribution is -2.43. The zero-order valence-electron chi connectivity index (χ0n) is 17.0. The minimum Gasteiger partial charge on any atom is -0.497 e. The molecule has 30 heavy (non-hydrogen) atoms. The van der Waals surface area contributed by atoms with Gasteiger partial charge >= 0.3 is 0 Å². The first-order valence-electron chi connectivity index (χ1n) is 10.0. The maximum Gasteiger partial charge on any atom is 0.223 e. The molecule has 1 fully saturated rings. The highest BCUT2D eigenvalue weighted by Gasteiger charge is 2.31. The highest BCUT2D eigenvalue weighted by atomic mass is 35.5. The fourth-order valence-corrected chi connectivity index (χ4v) is 5.35. The van der Waals surface area contributed by atoms with Gasteiger partial charge in [0, 0.05) is 30.6 Å². The van der Waals surface area contributed by atoms with E-state index in [0.29, 0.717) is 43.1 Å². The molecule has 8 heteroatoms. The number of carbonyl (C=O) groups is 1. The molecule has 0 aliphatic carbocycles. The standard InChI is InChI=1S/C22H27ClN2O4S/c1-29-21-7-5-17(6-8-21)9-12-24-22(26)19-10-13-25(14-11-19)30(27,28)16-18-3-2-4-20(23)15-18/h2-8,15,19H,9-14,16H2,1H3,(H,24,26). The van der Waals surface area contributed by atoms with Crippen LogP contribution in [-0.4, -0.2) is 45.4 Å². The van der Waals surface area contributed by atoms with Crippen molar-refractivity contribution >= 4 is 27.5 Å². The quantitative estimate of drug-likeness (QED) is 0.669. The molecular formula is C22H27ClN2O4S. The van der Waals surface area contributed by atoms with Gasteiger partial charge in [-0.3, -0.25) is 4.79 Å². The number of rotatable bonds is 8. The molecule has 0 aromatic heterocycles. The normalized spacial score (nSPS) is 15.7. The van der Waals surface area contributed by atoms with Crippen LogP contribution in [0.3, 0.4) is 0 Å². The van der Waals surface area contributed by atoms with Crippen molar-refractivity contribution < 1.29 is 17.9 Å². The van der Waals surface area contributed by atoms with Gasteiger partial charge in [0.1, 0.15) is 5.75 Å². The van der Waals surface area contributed by atoms with E-state index in [-0.39, 0.29) is 17.6 Å². The summed E-state index contributed by atoms with van der Waals surface area (Å²) >= 11 is 5.95. The molecular weight excluding hydrogens is 424 g/mol. The number of ether oxygens (including phenoxy) is 1. The number of nitrogens with zero attached hydrogens (tertiary/aromatic N) is 1. The molecule has 2 aromatic rings. The molecule has 0 unspecified atom stereocenters. The molecule has 3 rings (SSSR count). The molecule has 1 heterocycles. The van der Waals surface area contributed by atoms with Crippen LogP contribution in [0.2, 0.25) is 5.02 Å². The van der Waals surface area contributed by atoms with Crippen LogP contribution in [0.1, 0.15) is 24.0 Å². The number of sulfonamides is 1. The van der Waals surface area contributed by atoms with E-state index in [1.165, 1.54) is 4.31 Å². The first-order valence-corrected chi connectivity index (χ1v) is 12.0. The summed E-state index contributed by atoms with van der Waals surface area (Å²) in [5.74, 6) is 0.570. The third-order valence-electron chi connectivity index (χ3n) is 5.33. The molecule has 0 radical (unpaired) electrons. The Morgan fingerprint density at radius 3 is 2.47 bits per heavy atom. The van der Waals surface area contributed by atoms with Crippen molar-refractivity contribution in [3.63, 3.8) is 0 Å². The fourth-order valence-electron chi connectivity index (χ4n) is 3.59. The van der Waals surface area contributed by atoms with Crippen LogP contribution in [0.15, 0.2) is 48.5 Å². The van der Waals surface area contributed by atoms with Gasteiger partial charge in [-0.25, -0.2) is 12.7 Å². The Bertz CT molecular complexity index is 955. The Balaban J connectivity index is 1.44. The molecule has 1 saturated heterocycles. The van der Waals surface area contributed by atoms with E-state index in [4.69, 9.17) is 16.3 Å². The molecule has 0 saturated carbocycles. The number of amides is 1. The van der Waals surface area contributed by atoms with E-state index < -0.39 is 10.0 Å². The van der Waals surface area contributed by atoms with Crippen LogP contribution >= 0.6 is 11.6 Å². The second-order valence-corrected chi connectivity index (χ2v) is 9.85. The Kier molecular flexibility index (Phi) is 7.75. The average Bonchev–Trinajstić information content (AvgIpc) is 2.74. The number of nitrogens with one attached hydrogen (secondary N) is 1. The van der Waals surface area contributed by atoms with E-state index in [0.717, 1.165) is 17.7 Å². The molecule has 1 N–H and O–H groups in total. The van der Waals surface area contributed by atoms with Gasteiger partial charge in [0.05, 0.1) is 12.9 Å². The lowest BCUT2D eigenvalue weighted by molar-refractivity contribution is -0.126. The van der Waals surface area contributed by atoms with Crippen molar-refractivity contribution in [2.24, 2.45) is 5.92 Å². The van der Waals surface area contributed by atoms with Gasteiger partial charge in [-0.05, 0) is 54.7 Å². The van der Waals surface area contributed by atoms with Crippen LogP contribution in [0, 0.1) is 5.92 Å². The van der Waals surface area contributed by atoms with Crippen molar-refractivity contribution in [3.8, 4) is 5.75 Å². The summed E-state index contributed by atoms with van der Waals surface area (Å²) < 4.78 is 32.0. The smallest absolute Gasteiger partial charge is 0.223 e. The number of hydrogen-bond donors (Lipinski definition) is 1. The van der Waals surface area contributed by atoms with Crippen LogP contribution < -0.4 is 10.1 Å². The highest BCUT2D eigenvalue weighted by molar-refractivity contribution is 7.88. The number of piperidine rings is 1. The van der Waals surface area contributed by atoms with Crippen molar-refractivity contribution in [2.45, 2.75) is 25.0 Å². The van der Waals surface area contributed by atoms with E-state index >= 15 is 0 Å². The molecule has 0 bridgehead atoms. The monoisotopic (exact) mass is 450 g/mol. The van der Waals surface area contributed by atoms with Gasteiger partial charge < -0.3 is 10.1 Å². The van der Waals surface area contributed by atoms with Crippen LogP contribution in [0.4, 0.5) is 0 Å². The molecule has 1 amide bonds. The average molecular weight is 451 g/mol. The fraction of sp³-hybridized carbons (Fsp3) is 0.409. The Hall–Kier alpha value is -2.09. The summed E-state index contributed by atoms with van der Waals surface area (Å²) in [4.78, 5) is 12.5. The SMILES string of the molecule is COc1ccc(CCNC(=O)C2CCN(S(=O)(=O)Cc3cccc(Cl)c3)CC2)cc1. The van der Waals surface area contributed by atoms with Gasteiger partial charge in [0.15, 0.2) is 0 Å². The second kappa shape index (κ2) is 10.3. The first kappa shape index (κ1) is 22.6. The largest absolute Gasteiger partial charge is 0.497 e. The van der Waals surface area contributed by atoms with Crippen molar-refractivity contribution in [1.29, 1.82) is 0 Å². The zero-order chi connectivity index (χ0) is 21.6. The van der Waals surface area contributed by atoms with Crippen molar-refractivity contribution in [3.05, 3.63) is 64.7 Å². The second-order valence-electron chi connectivity index (χ2n) is 7.45.